The molecule has 2 aliphatic heterocycles. The number of rotatable bonds is 9. The van der Waals surface area contributed by atoms with E-state index in [4.69, 9.17) is 14.6 Å². The first-order valence-corrected chi connectivity index (χ1v) is 13.5. The minimum absolute atomic E-state index is 0.321. The first-order chi connectivity index (χ1) is 17.2. The van der Waals surface area contributed by atoms with Gasteiger partial charge in [-0.25, -0.2) is 0 Å². The SMILES string of the molecule is COc1ccc(O)c(CN2CCC(c3nnc(SC[C@@H]4CCCO4)n3Cc3ccccc3)CC2)c1. The Morgan fingerprint density at radius 1 is 1.06 bits per heavy atom. The topological polar surface area (TPSA) is 72.6 Å². The second-order valence-corrected chi connectivity index (χ2v) is 10.4. The Morgan fingerprint density at radius 3 is 2.63 bits per heavy atom. The van der Waals surface area contributed by atoms with Crippen LogP contribution in [0.4, 0.5) is 0 Å². The lowest BCUT2D eigenvalue weighted by atomic mass is 9.95. The zero-order chi connectivity index (χ0) is 24.0. The molecule has 2 saturated heterocycles. The van der Waals surface area contributed by atoms with Gasteiger partial charge in [0.05, 0.1) is 19.8 Å². The van der Waals surface area contributed by atoms with Crippen LogP contribution >= 0.6 is 11.8 Å². The average molecular weight is 495 g/mol. The van der Waals surface area contributed by atoms with Crippen molar-refractivity contribution >= 4 is 11.8 Å². The number of likely N-dealkylation sites (tertiary alicyclic amines) is 1. The van der Waals surface area contributed by atoms with Crippen molar-refractivity contribution in [2.24, 2.45) is 0 Å². The molecule has 3 aromatic rings. The van der Waals surface area contributed by atoms with E-state index in [0.717, 1.165) is 86.5 Å². The number of aromatic hydroxyl groups is 1. The number of ether oxygens (including phenoxy) is 2. The molecule has 0 spiro atoms. The van der Waals surface area contributed by atoms with Crippen LogP contribution in [0.15, 0.2) is 53.7 Å². The first kappa shape index (κ1) is 24.2. The van der Waals surface area contributed by atoms with E-state index in [9.17, 15) is 5.11 Å². The zero-order valence-corrected chi connectivity index (χ0v) is 21.1. The third-order valence-corrected chi connectivity index (χ3v) is 8.08. The quantitative estimate of drug-likeness (QED) is 0.433. The lowest BCUT2D eigenvalue weighted by Gasteiger charge is -2.32. The molecule has 1 aromatic heterocycles. The summed E-state index contributed by atoms with van der Waals surface area (Å²) in [6.45, 7) is 4.29. The molecule has 35 heavy (non-hydrogen) atoms. The van der Waals surface area contributed by atoms with Crippen LogP contribution in [-0.2, 0) is 17.8 Å². The monoisotopic (exact) mass is 494 g/mol. The third-order valence-electron chi connectivity index (χ3n) is 6.98. The highest BCUT2D eigenvalue weighted by molar-refractivity contribution is 7.99. The number of thioether (sulfide) groups is 1. The van der Waals surface area contributed by atoms with Crippen molar-refractivity contribution in [2.75, 3.05) is 32.6 Å². The minimum Gasteiger partial charge on any atom is -0.508 e. The summed E-state index contributed by atoms with van der Waals surface area (Å²) in [6.07, 6.45) is 4.65. The van der Waals surface area contributed by atoms with E-state index in [1.807, 2.05) is 6.07 Å². The lowest BCUT2D eigenvalue weighted by molar-refractivity contribution is 0.129. The third kappa shape index (κ3) is 6.00. The van der Waals surface area contributed by atoms with Gasteiger partial charge in [0.25, 0.3) is 0 Å². The van der Waals surface area contributed by atoms with Crippen LogP contribution in [0, 0.1) is 0 Å². The maximum Gasteiger partial charge on any atom is 0.191 e. The standard InChI is InChI=1S/C27H34N4O3S/c1-33-23-9-10-25(32)22(16-23)18-30-13-11-21(12-14-30)26-28-29-27(35-19-24-8-5-15-34-24)31(26)17-20-6-3-2-4-7-20/h2-4,6-7,9-10,16,21,24,32H,5,8,11-15,17-19H2,1H3/t24-/m0/s1. The number of aromatic nitrogens is 3. The number of nitrogens with zero attached hydrogens (tertiary/aromatic N) is 4. The highest BCUT2D eigenvalue weighted by Gasteiger charge is 2.27. The number of phenolic OH excluding ortho intramolecular Hbond substituents is 1. The Morgan fingerprint density at radius 2 is 1.89 bits per heavy atom. The van der Waals surface area contributed by atoms with Gasteiger partial charge in [0.15, 0.2) is 5.16 Å². The summed E-state index contributed by atoms with van der Waals surface area (Å²) in [5.41, 5.74) is 2.17. The Balaban J connectivity index is 1.27. The second-order valence-electron chi connectivity index (χ2n) is 9.40. The molecular formula is C27H34N4O3S. The van der Waals surface area contributed by atoms with E-state index in [2.05, 4.69) is 44.9 Å². The fourth-order valence-corrected chi connectivity index (χ4v) is 5.98. The summed E-state index contributed by atoms with van der Waals surface area (Å²) >= 11 is 1.77. The van der Waals surface area contributed by atoms with E-state index in [0.29, 0.717) is 17.8 Å². The molecule has 1 N–H and O–H groups in total. The molecule has 2 fully saturated rings. The molecule has 0 unspecified atom stereocenters. The molecular weight excluding hydrogens is 460 g/mol. The van der Waals surface area contributed by atoms with Gasteiger partial charge in [-0.2, -0.15) is 0 Å². The van der Waals surface area contributed by atoms with E-state index in [1.165, 1.54) is 5.56 Å². The molecule has 5 rings (SSSR count). The Labute approximate surface area is 211 Å². The molecule has 2 aromatic carbocycles. The second kappa shape index (κ2) is 11.5. The maximum atomic E-state index is 10.3. The summed E-state index contributed by atoms with van der Waals surface area (Å²) in [6, 6.07) is 16.0. The van der Waals surface area contributed by atoms with Crippen LogP contribution in [-0.4, -0.2) is 63.4 Å². The fraction of sp³-hybridized carbons (Fsp3) is 0.481. The van der Waals surface area contributed by atoms with Crippen molar-refractivity contribution in [3.63, 3.8) is 0 Å². The van der Waals surface area contributed by atoms with Crippen LogP contribution in [0.25, 0.3) is 0 Å². The molecule has 2 aliphatic rings. The van der Waals surface area contributed by atoms with Gasteiger partial charge >= 0.3 is 0 Å². The predicted molar refractivity (Wildman–Crippen MR) is 137 cm³/mol. The molecule has 0 bridgehead atoms. The van der Waals surface area contributed by atoms with Crippen molar-refractivity contribution in [3.8, 4) is 11.5 Å². The summed E-state index contributed by atoms with van der Waals surface area (Å²) < 4.78 is 13.5. The van der Waals surface area contributed by atoms with Gasteiger partial charge in [-0.15, -0.1) is 10.2 Å². The highest BCUT2D eigenvalue weighted by atomic mass is 32.2. The van der Waals surface area contributed by atoms with Crippen molar-refractivity contribution < 1.29 is 14.6 Å². The molecule has 1 atom stereocenters. The van der Waals surface area contributed by atoms with Crippen LogP contribution in [0.2, 0.25) is 0 Å². The van der Waals surface area contributed by atoms with Crippen molar-refractivity contribution in [1.82, 2.24) is 19.7 Å². The van der Waals surface area contributed by atoms with Crippen LogP contribution in [0.5, 0.6) is 11.5 Å². The molecule has 7 nitrogen and oxygen atoms in total. The normalized spacial score (nSPS) is 19.3. The van der Waals surface area contributed by atoms with Gasteiger partial charge in [0.2, 0.25) is 0 Å². The molecule has 8 heteroatoms. The van der Waals surface area contributed by atoms with E-state index in [-0.39, 0.29) is 0 Å². The Hall–Kier alpha value is -2.55. The smallest absolute Gasteiger partial charge is 0.191 e. The largest absolute Gasteiger partial charge is 0.508 e. The molecule has 0 saturated carbocycles. The van der Waals surface area contributed by atoms with Crippen molar-refractivity contribution in [3.05, 3.63) is 65.5 Å². The summed E-state index contributed by atoms with van der Waals surface area (Å²) in [4.78, 5) is 2.40. The molecule has 186 valence electrons. The van der Waals surface area contributed by atoms with Gasteiger partial charge in [-0.1, -0.05) is 42.1 Å². The van der Waals surface area contributed by atoms with Crippen LogP contribution in [0.3, 0.4) is 0 Å². The highest BCUT2D eigenvalue weighted by Crippen LogP contribution is 2.33. The molecule has 0 radical (unpaired) electrons. The van der Waals surface area contributed by atoms with Gasteiger partial charge < -0.3 is 19.1 Å². The number of hydrogen-bond acceptors (Lipinski definition) is 7. The maximum absolute atomic E-state index is 10.3. The van der Waals surface area contributed by atoms with Crippen LogP contribution < -0.4 is 4.74 Å². The van der Waals surface area contributed by atoms with E-state index in [1.54, 1.807) is 31.0 Å². The van der Waals surface area contributed by atoms with Crippen molar-refractivity contribution in [2.45, 2.75) is 56.0 Å². The predicted octanol–water partition coefficient (Wildman–Crippen LogP) is 4.69. The van der Waals surface area contributed by atoms with Gasteiger partial charge in [0.1, 0.15) is 17.3 Å². The zero-order valence-electron chi connectivity index (χ0n) is 20.3. The first-order valence-electron chi connectivity index (χ1n) is 12.5. The number of piperidine rings is 1. The Bertz CT molecular complexity index is 1090. The molecule has 0 amide bonds. The Kier molecular flexibility index (Phi) is 7.91. The summed E-state index contributed by atoms with van der Waals surface area (Å²) in [5.74, 6) is 3.49. The van der Waals surface area contributed by atoms with Crippen molar-refractivity contribution in [1.29, 1.82) is 0 Å². The summed E-state index contributed by atoms with van der Waals surface area (Å²) in [5, 5.41) is 20.6. The van der Waals surface area contributed by atoms with Gasteiger partial charge in [0, 0.05) is 30.4 Å². The summed E-state index contributed by atoms with van der Waals surface area (Å²) in [7, 11) is 1.65. The fourth-order valence-electron chi connectivity index (χ4n) is 4.97. The van der Waals surface area contributed by atoms with E-state index < -0.39 is 0 Å². The minimum atomic E-state index is 0.321. The van der Waals surface area contributed by atoms with Gasteiger partial charge in [-0.05, 0) is 62.5 Å². The van der Waals surface area contributed by atoms with E-state index >= 15 is 0 Å². The molecule has 0 aliphatic carbocycles. The average Bonchev–Trinajstić information content (AvgIpc) is 3.55. The number of hydrogen-bond donors (Lipinski definition) is 1. The van der Waals surface area contributed by atoms with Crippen LogP contribution in [0.1, 0.15) is 48.6 Å². The number of phenols is 1. The van der Waals surface area contributed by atoms with Gasteiger partial charge in [-0.3, -0.25) is 4.90 Å². The lowest BCUT2D eigenvalue weighted by Crippen LogP contribution is -2.33. The number of benzene rings is 2. The molecule has 3 heterocycles. The number of methoxy groups -OCH3 is 1.